The van der Waals surface area contributed by atoms with Gasteiger partial charge in [-0.25, -0.2) is 9.59 Å². The van der Waals surface area contributed by atoms with Gasteiger partial charge in [-0.1, -0.05) is 24.3 Å². The molecule has 0 atom stereocenters. The number of rotatable bonds is 3. The van der Waals surface area contributed by atoms with E-state index in [1.807, 2.05) is 0 Å². The minimum atomic E-state index is -5.08. The quantitative estimate of drug-likeness (QED) is 0.556. The first kappa shape index (κ1) is 25.2. The number of amidine groups is 1. The zero-order valence-electron chi connectivity index (χ0n) is 14.1. The Morgan fingerprint density at radius 2 is 1.43 bits per heavy atom. The van der Waals surface area contributed by atoms with E-state index >= 15 is 0 Å². The van der Waals surface area contributed by atoms with Gasteiger partial charge in [0.05, 0.1) is 6.54 Å². The number of carboxylic acid groups (broad SMARTS) is 2. The van der Waals surface area contributed by atoms with Crippen LogP contribution >= 0.6 is 0 Å². The number of carboxylic acids is 2. The van der Waals surface area contributed by atoms with Gasteiger partial charge < -0.3 is 21.3 Å². The Kier molecular flexibility index (Phi) is 9.99. The van der Waals surface area contributed by atoms with Gasteiger partial charge in [-0.3, -0.25) is 4.99 Å². The maximum atomic E-state index is 10.6. The van der Waals surface area contributed by atoms with Crippen molar-refractivity contribution in [2.24, 2.45) is 10.7 Å². The van der Waals surface area contributed by atoms with Gasteiger partial charge in [-0.05, 0) is 18.5 Å². The molecule has 0 bridgehead atoms. The Morgan fingerprint density at radius 3 is 1.71 bits per heavy atom. The summed E-state index contributed by atoms with van der Waals surface area (Å²) in [4.78, 5) is 22.2. The highest BCUT2D eigenvalue weighted by atomic mass is 19.4. The van der Waals surface area contributed by atoms with Gasteiger partial charge in [0.2, 0.25) is 0 Å². The standard InChI is InChI=1S/C11H15N3.2C2HF3O2/c12-6-5-9-1-3-10(4-2-9)11-13-7-8-14-11;2*3-2(4,5)1(6)7/h1-4H,5-8,12H2,(H,13,14);2*(H,6,7). The van der Waals surface area contributed by atoms with Crippen LogP contribution in [-0.2, 0) is 16.0 Å². The zero-order chi connectivity index (χ0) is 22.0. The molecule has 0 spiro atoms. The number of carbonyl (C=O) groups is 2. The van der Waals surface area contributed by atoms with Crippen LogP contribution in [0.1, 0.15) is 11.1 Å². The Balaban J connectivity index is 0.000000444. The number of nitrogens with two attached hydrogens (primary N) is 1. The van der Waals surface area contributed by atoms with Gasteiger partial charge in [0, 0.05) is 12.1 Å². The molecule has 0 radical (unpaired) electrons. The van der Waals surface area contributed by atoms with Crippen molar-refractivity contribution >= 4 is 17.8 Å². The van der Waals surface area contributed by atoms with Gasteiger partial charge in [0.1, 0.15) is 5.84 Å². The summed E-state index contributed by atoms with van der Waals surface area (Å²) in [5.74, 6) is -4.50. The Hall–Kier alpha value is -2.83. The van der Waals surface area contributed by atoms with E-state index < -0.39 is 24.3 Å². The molecule has 2 rings (SSSR count). The SMILES string of the molecule is NCCc1ccc(C2=NCCN2)cc1.O=C(O)C(F)(F)F.O=C(O)C(F)(F)F. The molecule has 0 aromatic heterocycles. The smallest absolute Gasteiger partial charge is 0.475 e. The second-order valence-electron chi connectivity index (χ2n) is 5.00. The van der Waals surface area contributed by atoms with Crippen LogP contribution in [0.4, 0.5) is 26.3 Å². The lowest BCUT2D eigenvalue weighted by Gasteiger charge is -2.03. The van der Waals surface area contributed by atoms with Crippen molar-refractivity contribution in [2.45, 2.75) is 18.8 Å². The number of alkyl halides is 6. The van der Waals surface area contributed by atoms with E-state index in [1.165, 1.54) is 11.1 Å². The number of benzene rings is 1. The Morgan fingerprint density at radius 1 is 1.00 bits per heavy atom. The van der Waals surface area contributed by atoms with E-state index in [9.17, 15) is 26.3 Å². The van der Waals surface area contributed by atoms with Gasteiger partial charge >= 0.3 is 24.3 Å². The van der Waals surface area contributed by atoms with Crippen LogP contribution < -0.4 is 11.1 Å². The molecule has 1 aliphatic heterocycles. The number of aliphatic carboxylic acids is 2. The number of aliphatic imine (C=N–C) groups is 1. The van der Waals surface area contributed by atoms with E-state index in [4.69, 9.17) is 25.5 Å². The molecule has 0 aliphatic carbocycles. The molecule has 1 aromatic rings. The van der Waals surface area contributed by atoms with Crippen molar-refractivity contribution in [3.63, 3.8) is 0 Å². The predicted molar refractivity (Wildman–Crippen MR) is 86.0 cm³/mol. The summed E-state index contributed by atoms with van der Waals surface area (Å²) in [6.07, 6.45) is -9.22. The monoisotopic (exact) mass is 417 g/mol. The molecule has 0 saturated heterocycles. The van der Waals surface area contributed by atoms with Crippen LogP contribution in [0.2, 0.25) is 0 Å². The fourth-order valence-electron chi connectivity index (χ4n) is 1.59. The molecular weight excluding hydrogens is 400 g/mol. The van der Waals surface area contributed by atoms with E-state index in [2.05, 4.69) is 34.6 Å². The van der Waals surface area contributed by atoms with Crippen molar-refractivity contribution in [3.8, 4) is 0 Å². The molecule has 1 heterocycles. The van der Waals surface area contributed by atoms with Crippen LogP contribution in [0.15, 0.2) is 29.3 Å². The lowest BCUT2D eigenvalue weighted by atomic mass is 10.1. The summed E-state index contributed by atoms with van der Waals surface area (Å²) in [7, 11) is 0. The summed E-state index contributed by atoms with van der Waals surface area (Å²) < 4.78 is 63.5. The fraction of sp³-hybridized carbons (Fsp3) is 0.400. The van der Waals surface area contributed by atoms with E-state index in [-0.39, 0.29) is 0 Å². The van der Waals surface area contributed by atoms with Gasteiger partial charge in [0.15, 0.2) is 0 Å². The van der Waals surface area contributed by atoms with Crippen LogP contribution in [0.3, 0.4) is 0 Å². The summed E-state index contributed by atoms with van der Waals surface area (Å²) in [6.45, 7) is 2.55. The molecule has 1 aromatic carbocycles. The topological polar surface area (TPSA) is 125 Å². The van der Waals surface area contributed by atoms with Crippen molar-refractivity contribution < 1.29 is 46.1 Å². The first-order valence-corrected chi connectivity index (χ1v) is 7.47. The van der Waals surface area contributed by atoms with E-state index in [1.54, 1.807) is 0 Å². The molecule has 0 unspecified atom stereocenters. The zero-order valence-corrected chi connectivity index (χ0v) is 14.1. The van der Waals surface area contributed by atoms with E-state index in [0.717, 1.165) is 25.3 Å². The fourth-order valence-corrected chi connectivity index (χ4v) is 1.59. The van der Waals surface area contributed by atoms with Gasteiger partial charge in [-0.15, -0.1) is 0 Å². The lowest BCUT2D eigenvalue weighted by Crippen LogP contribution is -2.21. The normalized spacial score (nSPS) is 13.2. The average molecular weight is 417 g/mol. The maximum Gasteiger partial charge on any atom is 0.490 e. The molecule has 1 aliphatic rings. The summed E-state index contributed by atoms with van der Waals surface area (Å²) in [6, 6.07) is 8.43. The maximum absolute atomic E-state index is 10.6. The molecule has 13 heteroatoms. The molecule has 7 nitrogen and oxygen atoms in total. The third kappa shape index (κ3) is 10.4. The molecule has 5 N–H and O–H groups in total. The summed E-state index contributed by atoms with van der Waals surface area (Å²) >= 11 is 0. The number of nitrogens with one attached hydrogen (secondary N) is 1. The predicted octanol–water partition coefficient (Wildman–Crippen LogP) is 1.80. The number of nitrogens with zero attached hydrogens (tertiary/aromatic N) is 1. The highest BCUT2D eigenvalue weighted by Crippen LogP contribution is 2.13. The minimum absolute atomic E-state index is 0.707. The number of hydrogen-bond donors (Lipinski definition) is 4. The summed E-state index contributed by atoms with van der Waals surface area (Å²) in [5, 5.41) is 17.5. The molecule has 0 fully saturated rings. The third-order valence-corrected chi connectivity index (χ3v) is 2.82. The van der Waals surface area contributed by atoms with Crippen molar-refractivity contribution in [3.05, 3.63) is 35.4 Å². The second-order valence-corrected chi connectivity index (χ2v) is 5.00. The molecule has 28 heavy (non-hydrogen) atoms. The lowest BCUT2D eigenvalue weighted by molar-refractivity contribution is -0.193. The first-order valence-electron chi connectivity index (χ1n) is 7.47. The van der Waals surface area contributed by atoms with Crippen molar-refractivity contribution in [1.29, 1.82) is 0 Å². The number of halogens is 6. The van der Waals surface area contributed by atoms with Crippen LogP contribution in [-0.4, -0.2) is 60.0 Å². The molecule has 0 amide bonds. The molecule has 0 saturated carbocycles. The van der Waals surface area contributed by atoms with E-state index in [0.29, 0.717) is 6.54 Å². The van der Waals surface area contributed by atoms with Crippen LogP contribution in [0.25, 0.3) is 0 Å². The highest BCUT2D eigenvalue weighted by Gasteiger charge is 2.38. The number of hydrogen-bond acceptors (Lipinski definition) is 5. The van der Waals surface area contributed by atoms with Crippen molar-refractivity contribution in [2.75, 3.05) is 19.6 Å². The molecular formula is C15H17F6N3O4. The van der Waals surface area contributed by atoms with Crippen LogP contribution in [0, 0.1) is 0 Å². The average Bonchev–Trinajstić information content (AvgIpc) is 3.10. The minimum Gasteiger partial charge on any atom is -0.475 e. The first-order chi connectivity index (χ1) is 12.8. The van der Waals surface area contributed by atoms with Crippen molar-refractivity contribution in [1.82, 2.24) is 5.32 Å². The summed E-state index contributed by atoms with van der Waals surface area (Å²) in [5.41, 5.74) is 7.94. The van der Waals surface area contributed by atoms with Gasteiger partial charge in [0.25, 0.3) is 0 Å². The largest absolute Gasteiger partial charge is 0.490 e. The second kappa shape index (κ2) is 11.1. The third-order valence-electron chi connectivity index (χ3n) is 2.82. The van der Waals surface area contributed by atoms with Crippen LogP contribution in [0.5, 0.6) is 0 Å². The van der Waals surface area contributed by atoms with Gasteiger partial charge in [-0.2, -0.15) is 26.3 Å². The Labute approximate surface area is 154 Å². The Bertz CT molecular complexity index is 648. The molecule has 158 valence electrons. The highest BCUT2D eigenvalue weighted by molar-refractivity contribution is 5.99.